The number of hydrogen-bond acceptors (Lipinski definition) is 4. The molecule has 0 aliphatic rings. The molecule has 0 N–H and O–H groups in total. The summed E-state index contributed by atoms with van der Waals surface area (Å²) in [7, 11) is 1.60. The fourth-order valence-corrected chi connectivity index (χ4v) is 1.41. The summed E-state index contributed by atoms with van der Waals surface area (Å²) in [5.74, 6) is 0.713. The van der Waals surface area contributed by atoms with Crippen LogP contribution in [0.2, 0.25) is 0 Å². The van der Waals surface area contributed by atoms with Crippen LogP contribution in [0, 0.1) is 0 Å². The smallest absolute Gasteiger partial charge is 0.144 e. The predicted molar refractivity (Wildman–Crippen MR) is 57.7 cm³/mol. The Balaban J connectivity index is 2.38. The maximum atomic E-state index is 10.3. The van der Waals surface area contributed by atoms with E-state index in [1.54, 1.807) is 18.0 Å². The summed E-state index contributed by atoms with van der Waals surface area (Å²) in [5, 5.41) is 7.83. The third-order valence-electron chi connectivity index (χ3n) is 2.17. The zero-order chi connectivity index (χ0) is 11.4. The highest BCUT2D eigenvalue weighted by molar-refractivity contribution is 5.53. The van der Waals surface area contributed by atoms with Crippen molar-refractivity contribution in [1.82, 2.24) is 15.0 Å². The van der Waals surface area contributed by atoms with E-state index in [0.717, 1.165) is 12.0 Å². The molecule has 5 heteroatoms. The zero-order valence-electron chi connectivity index (χ0n) is 8.83. The average Bonchev–Trinajstić information content (AvgIpc) is 2.78. The Labute approximate surface area is 92.7 Å². The van der Waals surface area contributed by atoms with E-state index >= 15 is 0 Å². The first-order valence-electron chi connectivity index (χ1n) is 4.83. The Morgan fingerprint density at radius 3 is 3.00 bits per heavy atom. The number of hydrogen-bond donors (Lipinski definition) is 0. The molecule has 1 heterocycles. The Morgan fingerprint density at radius 2 is 2.25 bits per heavy atom. The first-order valence-corrected chi connectivity index (χ1v) is 4.83. The highest BCUT2D eigenvalue weighted by Gasteiger charge is 2.06. The van der Waals surface area contributed by atoms with E-state index in [4.69, 9.17) is 4.74 Å². The summed E-state index contributed by atoms with van der Waals surface area (Å²) in [5.41, 5.74) is 1.44. The molecule has 0 aliphatic heterocycles. The van der Waals surface area contributed by atoms with Crippen LogP contribution in [0.3, 0.4) is 0 Å². The summed E-state index contributed by atoms with van der Waals surface area (Å²) in [6, 6.07) is 7.49. The molecule has 2 rings (SSSR count). The number of nitrogens with zero attached hydrogens (tertiary/aromatic N) is 3. The molecule has 2 aromatic rings. The lowest BCUT2D eigenvalue weighted by atomic mass is 10.3. The van der Waals surface area contributed by atoms with Crippen LogP contribution in [-0.2, 0) is 11.2 Å². The quantitative estimate of drug-likeness (QED) is 0.717. The highest BCUT2D eigenvalue weighted by Crippen LogP contribution is 2.20. The lowest BCUT2D eigenvalue weighted by molar-refractivity contribution is -0.107. The molecule has 1 aromatic heterocycles. The van der Waals surface area contributed by atoms with Gasteiger partial charge in [-0.2, -0.15) is 0 Å². The van der Waals surface area contributed by atoms with Crippen molar-refractivity contribution in [2.45, 2.75) is 6.42 Å². The SMILES string of the molecule is COc1ccccc1-n1cc(CC=O)nn1. The number of para-hydroxylation sites is 2. The van der Waals surface area contributed by atoms with Gasteiger partial charge in [0.1, 0.15) is 17.7 Å². The number of ether oxygens (including phenoxy) is 1. The molecule has 82 valence electrons. The molecule has 0 spiro atoms. The molecule has 0 amide bonds. The van der Waals surface area contributed by atoms with E-state index in [2.05, 4.69) is 10.3 Å². The molecule has 0 atom stereocenters. The van der Waals surface area contributed by atoms with Crippen molar-refractivity contribution in [3.63, 3.8) is 0 Å². The van der Waals surface area contributed by atoms with Crippen LogP contribution in [0.25, 0.3) is 5.69 Å². The van der Waals surface area contributed by atoms with Gasteiger partial charge in [-0.15, -0.1) is 5.10 Å². The van der Waals surface area contributed by atoms with Crippen LogP contribution >= 0.6 is 0 Å². The fraction of sp³-hybridized carbons (Fsp3) is 0.182. The molecule has 0 saturated carbocycles. The molecule has 5 nitrogen and oxygen atoms in total. The minimum absolute atomic E-state index is 0.273. The van der Waals surface area contributed by atoms with E-state index in [9.17, 15) is 4.79 Å². The van der Waals surface area contributed by atoms with Gasteiger partial charge in [0.25, 0.3) is 0 Å². The molecular formula is C11H11N3O2. The molecule has 0 unspecified atom stereocenters. The number of methoxy groups -OCH3 is 1. The minimum atomic E-state index is 0.273. The Hall–Kier alpha value is -2.17. The van der Waals surface area contributed by atoms with Gasteiger partial charge in [0.2, 0.25) is 0 Å². The van der Waals surface area contributed by atoms with Crippen LogP contribution < -0.4 is 4.74 Å². The summed E-state index contributed by atoms with van der Waals surface area (Å²) in [4.78, 5) is 10.3. The maximum absolute atomic E-state index is 10.3. The topological polar surface area (TPSA) is 57.0 Å². The van der Waals surface area contributed by atoms with Crippen LogP contribution in [0.1, 0.15) is 5.69 Å². The zero-order valence-corrected chi connectivity index (χ0v) is 8.83. The highest BCUT2D eigenvalue weighted by atomic mass is 16.5. The molecule has 1 aromatic carbocycles. The Kier molecular flexibility index (Phi) is 2.95. The van der Waals surface area contributed by atoms with E-state index in [1.807, 2.05) is 24.3 Å². The first kappa shape index (κ1) is 10.4. The van der Waals surface area contributed by atoms with E-state index in [1.165, 1.54) is 0 Å². The lowest BCUT2D eigenvalue weighted by Crippen LogP contribution is -1.98. The van der Waals surface area contributed by atoms with Gasteiger partial charge in [-0.25, -0.2) is 4.68 Å². The van der Waals surface area contributed by atoms with Crippen LogP contribution in [0.5, 0.6) is 5.75 Å². The van der Waals surface area contributed by atoms with Gasteiger partial charge in [0.15, 0.2) is 0 Å². The first-order chi connectivity index (χ1) is 7.85. The molecule has 0 aliphatic carbocycles. The van der Waals surface area contributed by atoms with Gasteiger partial charge in [0, 0.05) is 6.42 Å². The molecule has 0 radical (unpaired) electrons. The molecule has 0 saturated heterocycles. The molecule has 0 bridgehead atoms. The number of aromatic nitrogens is 3. The summed E-state index contributed by atoms with van der Waals surface area (Å²) in [6.07, 6.45) is 2.79. The van der Waals surface area contributed by atoms with Gasteiger partial charge in [-0.3, -0.25) is 0 Å². The van der Waals surface area contributed by atoms with Crippen molar-refractivity contribution in [3.8, 4) is 11.4 Å². The third-order valence-corrected chi connectivity index (χ3v) is 2.17. The molecule has 0 fully saturated rings. The standard InChI is InChI=1S/C11H11N3O2/c1-16-11-5-3-2-4-10(11)14-8-9(6-7-15)12-13-14/h2-5,7-8H,6H2,1H3. The van der Waals surface area contributed by atoms with Crippen LogP contribution in [-0.4, -0.2) is 28.4 Å². The Bertz CT molecular complexity index is 493. The Morgan fingerprint density at radius 1 is 1.44 bits per heavy atom. The van der Waals surface area contributed by atoms with Crippen molar-refractivity contribution < 1.29 is 9.53 Å². The van der Waals surface area contributed by atoms with Crippen LogP contribution in [0.15, 0.2) is 30.5 Å². The van der Waals surface area contributed by atoms with Crippen LogP contribution in [0.4, 0.5) is 0 Å². The number of carbonyl (C=O) groups is 1. The average molecular weight is 217 g/mol. The number of carbonyl (C=O) groups excluding carboxylic acids is 1. The predicted octanol–water partition coefficient (Wildman–Crippen LogP) is 1.02. The van der Waals surface area contributed by atoms with Gasteiger partial charge in [-0.1, -0.05) is 17.3 Å². The number of benzene rings is 1. The van der Waals surface area contributed by atoms with E-state index < -0.39 is 0 Å². The summed E-state index contributed by atoms with van der Waals surface area (Å²) in [6.45, 7) is 0. The number of aldehydes is 1. The third kappa shape index (κ3) is 1.93. The van der Waals surface area contributed by atoms with Crippen molar-refractivity contribution in [1.29, 1.82) is 0 Å². The monoisotopic (exact) mass is 217 g/mol. The molecular weight excluding hydrogens is 206 g/mol. The summed E-state index contributed by atoms with van der Waals surface area (Å²) >= 11 is 0. The van der Waals surface area contributed by atoms with Gasteiger partial charge >= 0.3 is 0 Å². The van der Waals surface area contributed by atoms with Crippen molar-refractivity contribution in [2.24, 2.45) is 0 Å². The second-order valence-corrected chi connectivity index (χ2v) is 3.20. The van der Waals surface area contributed by atoms with E-state index in [0.29, 0.717) is 11.4 Å². The normalized spacial score (nSPS) is 10.1. The molecule has 16 heavy (non-hydrogen) atoms. The van der Waals surface area contributed by atoms with Gasteiger partial charge in [0.05, 0.1) is 19.0 Å². The van der Waals surface area contributed by atoms with Crippen molar-refractivity contribution >= 4 is 6.29 Å². The van der Waals surface area contributed by atoms with Crippen molar-refractivity contribution in [3.05, 3.63) is 36.2 Å². The summed E-state index contributed by atoms with van der Waals surface area (Å²) < 4.78 is 6.81. The van der Waals surface area contributed by atoms with E-state index in [-0.39, 0.29) is 6.42 Å². The maximum Gasteiger partial charge on any atom is 0.144 e. The number of rotatable bonds is 4. The lowest BCUT2D eigenvalue weighted by Gasteiger charge is -2.06. The minimum Gasteiger partial charge on any atom is -0.494 e. The van der Waals surface area contributed by atoms with Gasteiger partial charge < -0.3 is 9.53 Å². The van der Waals surface area contributed by atoms with Gasteiger partial charge in [-0.05, 0) is 12.1 Å². The fourth-order valence-electron chi connectivity index (χ4n) is 1.41. The second kappa shape index (κ2) is 4.57. The largest absolute Gasteiger partial charge is 0.494 e. The van der Waals surface area contributed by atoms with Crippen molar-refractivity contribution in [2.75, 3.05) is 7.11 Å². The second-order valence-electron chi connectivity index (χ2n) is 3.20.